The largest absolute Gasteiger partial charge is 0.379 e. The third kappa shape index (κ3) is 4.94. The minimum Gasteiger partial charge on any atom is -0.379 e. The Kier molecular flexibility index (Phi) is 6.85. The number of hydrogen-bond acceptors (Lipinski definition) is 5. The van der Waals surface area contributed by atoms with Crippen molar-refractivity contribution >= 4 is 5.96 Å². The van der Waals surface area contributed by atoms with Crippen molar-refractivity contribution in [1.29, 1.82) is 0 Å². The van der Waals surface area contributed by atoms with Gasteiger partial charge in [0.2, 0.25) is 0 Å². The van der Waals surface area contributed by atoms with Crippen LogP contribution in [0.1, 0.15) is 38.3 Å². The van der Waals surface area contributed by atoms with Crippen LogP contribution < -0.4 is 10.6 Å². The molecule has 0 aliphatic carbocycles. The Morgan fingerprint density at radius 2 is 2.00 bits per heavy atom. The molecule has 3 rings (SSSR count). The van der Waals surface area contributed by atoms with Gasteiger partial charge in [-0.05, 0) is 18.8 Å². The summed E-state index contributed by atoms with van der Waals surface area (Å²) in [4.78, 5) is 6.91. The summed E-state index contributed by atoms with van der Waals surface area (Å²) in [6.07, 6.45) is 3.37. The van der Waals surface area contributed by atoms with Gasteiger partial charge in [0.05, 0.1) is 19.8 Å². The fourth-order valence-corrected chi connectivity index (χ4v) is 3.79. The highest BCUT2D eigenvalue weighted by Crippen LogP contribution is 2.14. The summed E-state index contributed by atoms with van der Waals surface area (Å²) >= 11 is 0. The van der Waals surface area contributed by atoms with Crippen LogP contribution in [0.4, 0.5) is 0 Å². The summed E-state index contributed by atoms with van der Waals surface area (Å²) in [5.41, 5.74) is 0. The molecule has 8 nitrogen and oxygen atoms in total. The number of nitrogens with one attached hydrogen (secondary N) is 2. The van der Waals surface area contributed by atoms with Crippen LogP contribution in [0.3, 0.4) is 0 Å². The molecule has 1 saturated heterocycles. The molecule has 0 aromatic carbocycles. The second kappa shape index (κ2) is 9.32. The first-order valence-electron chi connectivity index (χ1n) is 9.84. The van der Waals surface area contributed by atoms with Crippen molar-refractivity contribution < 1.29 is 4.74 Å². The monoisotopic (exact) mass is 363 g/mol. The molecule has 8 heteroatoms. The maximum atomic E-state index is 5.50. The Balaban J connectivity index is 1.51. The van der Waals surface area contributed by atoms with Crippen molar-refractivity contribution in [1.82, 2.24) is 30.3 Å². The summed E-state index contributed by atoms with van der Waals surface area (Å²) in [7, 11) is 1.82. The quantitative estimate of drug-likeness (QED) is 0.547. The zero-order valence-electron chi connectivity index (χ0n) is 16.4. The second-order valence-electron chi connectivity index (χ2n) is 7.53. The molecule has 0 amide bonds. The molecule has 0 spiro atoms. The topological polar surface area (TPSA) is 79.6 Å². The molecule has 0 saturated carbocycles. The Bertz CT molecular complexity index is 592. The van der Waals surface area contributed by atoms with E-state index in [4.69, 9.17) is 4.74 Å². The fraction of sp³-hybridized carbons (Fsp3) is 0.833. The average molecular weight is 364 g/mol. The maximum absolute atomic E-state index is 5.50. The Morgan fingerprint density at radius 1 is 1.19 bits per heavy atom. The molecule has 1 atom stereocenters. The molecule has 2 aliphatic rings. The lowest BCUT2D eigenvalue weighted by Crippen LogP contribution is -2.51. The predicted molar refractivity (Wildman–Crippen MR) is 102 cm³/mol. The molecular formula is C18H33N7O. The van der Waals surface area contributed by atoms with Gasteiger partial charge in [0.25, 0.3) is 0 Å². The molecule has 146 valence electrons. The van der Waals surface area contributed by atoms with Crippen LogP contribution in [0, 0.1) is 5.92 Å². The number of morpholine rings is 1. The van der Waals surface area contributed by atoms with Crippen LogP contribution in [0.25, 0.3) is 0 Å². The van der Waals surface area contributed by atoms with Gasteiger partial charge in [-0.15, -0.1) is 10.2 Å². The number of ether oxygens (including phenoxy) is 1. The van der Waals surface area contributed by atoms with Crippen LogP contribution in [0.2, 0.25) is 0 Å². The van der Waals surface area contributed by atoms with Gasteiger partial charge in [0, 0.05) is 45.7 Å². The highest BCUT2D eigenvalue weighted by Gasteiger charge is 2.22. The Morgan fingerprint density at radius 3 is 2.73 bits per heavy atom. The van der Waals surface area contributed by atoms with E-state index in [-0.39, 0.29) is 0 Å². The van der Waals surface area contributed by atoms with E-state index in [0.29, 0.717) is 18.5 Å². The third-order valence-electron chi connectivity index (χ3n) is 5.13. The molecule has 0 bridgehead atoms. The van der Waals surface area contributed by atoms with Crippen molar-refractivity contribution in [2.75, 3.05) is 39.9 Å². The normalized spacial score (nSPS) is 19.6. The number of aliphatic imine (C=N–C) groups is 1. The number of nitrogens with zero attached hydrogens (tertiary/aromatic N) is 5. The van der Waals surface area contributed by atoms with Gasteiger partial charge in [-0.2, -0.15) is 0 Å². The van der Waals surface area contributed by atoms with Crippen molar-refractivity contribution in [2.24, 2.45) is 10.9 Å². The van der Waals surface area contributed by atoms with Crippen molar-refractivity contribution in [3.05, 3.63) is 11.6 Å². The van der Waals surface area contributed by atoms with Gasteiger partial charge in [-0.1, -0.05) is 13.8 Å². The fourth-order valence-electron chi connectivity index (χ4n) is 3.79. The average Bonchev–Trinajstić information content (AvgIpc) is 3.25. The van der Waals surface area contributed by atoms with Gasteiger partial charge in [-0.25, -0.2) is 0 Å². The van der Waals surface area contributed by atoms with Gasteiger partial charge in [0.15, 0.2) is 11.8 Å². The number of rotatable bonds is 7. The summed E-state index contributed by atoms with van der Waals surface area (Å²) in [6, 6.07) is 0.495. The van der Waals surface area contributed by atoms with Gasteiger partial charge in [0.1, 0.15) is 5.82 Å². The SMILES string of the molecule is CN=C(NCc1nnc2n1CCC2)NCC(CC(C)C)N1CCOCC1. The molecule has 1 unspecified atom stereocenters. The van der Waals surface area contributed by atoms with Gasteiger partial charge >= 0.3 is 0 Å². The van der Waals surface area contributed by atoms with E-state index in [9.17, 15) is 0 Å². The zero-order valence-corrected chi connectivity index (χ0v) is 16.4. The predicted octanol–water partition coefficient (Wildman–Crippen LogP) is 0.636. The summed E-state index contributed by atoms with van der Waals surface area (Å²) in [5, 5.41) is 15.4. The molecular weight excluding hydrogens is 330 g/mol. The number of aryl methyl sites for hydroxylation is 1. The second-order valence-corrected chi connectivity index (χ2v) is 7.53. The van der Waals surface area contributed by atoms with E-state index < -0.39 is 0 Å². The molecule has 3 heterocycles. The van der Waals surface area contributed by atoms with Crippen molar-refractivity contribution in [3.8, 4) is 0 Å². The first-order valence-corrected chi connectivity index (χ1v) is 9.84. The van der Waals surface area contributed by atoms with Crippen LogP contribution in [0.5, 0.6) is 0 Å². The molecule has 1 aromatic rings. The van der Waals surface area contributed by atoms with E-state index >= 15 is 0 Å². The zero-order chi connectivity index (χ0) is 18.4. The summed E-state index contributed by atoms with van der Waals surface area (Å²) in [6.45, 7) is 10.8. The van der Waals surface area contributed by atoms with Crippen LogP contribution in [0.15, 0.2) is 4.99 Å². The third-order valence-corrected chi connectivity index (χ3v) is 5.13. The summed E-state index contributed by atoms with van der Waals surface area (Å²) in [5.74, 6) is 3.59. The minimum absolute atomic E-state index is 0.495. The highest BCUT2D eigenvalue weighted by atomic mass is 16.5. The van der Waals surface area contributed by atoms with E-state index in [1.54, 1.807) is 0 Å². The number of aromatic nitrogens is 3. The van der Waals surface area contributed by atoms with Crippen molar-refractivity contribution in [2.45, 2.75) is 52.2 Å². The Hall–Kier alpha value is -1.67. The Labute approximate surface area is 156 Å². The molecule has 0 radical (unpaired) electrons. The molecule has 1 aromatic heterocycles. The molecule has 26 heavy (non-hydrogen) atoms. The lowest BCUT2D eigenvalue weighted by atomic mass is 10.0. The van der Waals surface area contributed by atoms with E-state index in [1.807, 2.05) is 7.05 Å². The lowest BCUT2D eigenvalue weighted by Gasteiger charge is -2.35. The van der Waals surface area contributed by atoms with E-state index in [1.165, 1.54) is 12.8 Å². The van der Waals surface area contributed by atoms with Gasteiger partial charge in [-0.3, -0.25) is 9.89 Å². The lowest BCUT2D eigenvalue weighted by molar-refractivity contribution is 0.0132. The summed E-state index contributed by atoms with van der Waals surface area (Å²) < 4.78 is 7.72. The first kappa shape index (κ1) is 19.1. The van der Waals surface area contributed by atoms with Gasteiger partial charge < -0.3 is 19.9 Å². The molecule has 2 aliphatic heterocycles. The molecule has 1 fully saturated rings. The van der Waals surface area contributed by atoms with Crippen LogP contribution in [-0.4, -0.2) is 71.6 Å². The van der Waals surface area contributed by atoms with E-state index in [2.05, 4.69) is 49.1 Å². The first-order chi connectivity index (χ1) is 12.7. The maximum Gasteiger partial charge on any atom is 0.191 e. The number of fused-ring (bicyclic) bond motifs is 1. The standard InChI is InChI=1S/C18H33N7O/c1-14(2)11-15(24-7-9-26-10-8-24)12-20-18(19-3)21-13-17-23-22-16-5-4-6-25(16)17/h14-15H,4-13H2,1-3H3,(H2,19,20,21). The van der Waals surface area contributed by atoms with Crippen LogP contribution in [-0.2, 0) is 24.2 Å². The minimum atomic E-state index is 0.495. The van der Waals surface area contributed by atoms with E-state index in [0.717, 1.165) is 63.4 Å². The van der Waals surface area contributed by atoms with Crippen molar-refractivity contribution in [3.63, 3.8) is 0 Å². The van der Waals surface area contributed by atoms with Crippen LogP contribution >= 0.6 is 0 Å². The molecule has 2 N–H and O–H groups in total. The number of guanidine groups is 1. The smallest absolute Gasteiger partial charge is 0.191 e. The number of hydrogen-bond donors (Lipinski definition) is 2. The highest BCUT2D eigenvalue weighted by molar-refractivity contribution is 5.79.